The van der Waals surface area contributed by atoms with Gasteiger partial charge in [0.15, 0.2) is 0 Å². The molecule has 0 atom stereocenters. The summed E-state index contributed by atoms with van der Waals surface area (Å²) in [6, 6.07) is 0. The first-order valence-electron chi connectivity index (χ1n) is 4.81. The maximum Gasteiger partial charge on any atom is 0.116 e. The van der Waals surface area contributed by atoms with Gasteiger partial charge in [-0.25, -0.2) is 0 Å². The van der Waals surface area contributed by atoms with Crippen molar-refractivity contribution in [2.45, 2.75) is 52.8 Å². The third-order valence-electron chi connectivity index (χ3n) is 2.58. The van der Waals surface area contributed by atoms with E-state index in [2.05, 4.69) is 58.9 Å². The Morgan fingerprint density at radius 1 is 1.17 bits per heavy atom. The second-order valence-electron chi connectivity index (χ2n) is 5.47. The summed E-state index contributed by atoms with van der Waals surface area (Å²) in [6.45, 7) is 16.7. The maximum atomic E-state index is 2.49. The van der Waals surface area contributed by atoms with Crippen molar-refractivity contribution < 1.29 is 0 Å². The average Bonchev–Trinajstić information content (AvgIpc) is 1.81. The second-order valence-corrected chi connectivity index (χ2v) is 14.5. The third-order valence-corrected chi connectivity index (χ3v) is 12.3. The lowest BCUT2D eigenvalue weighted by Gasteiger charge is -2.36. The molecule has 0 aliphatic carbocycles. The smallest absolute Gasteiger partial charge is 0.116 e. The SMILES string of the molecule is CC(C)CS[Si](C)(C)C(C)(C)C. The summed E-state index contributed by atoms with van der Waals surface area (Å²) in [6.07, 6.45) is 0. The lowest BCUT2D eigenvalue weighted by molar-refractivity contribution is 0.732. The van der Waals surface area contributed by atoms with Crippen LogP contribution in [0.1, 0.15) is 34.6 Å². The van der Waals surface area contributed by atoms with E-state index in [1.165, 1.54) is 5.75 Å². The predicted molar refractivity (Wildman–Crippen MR) is 64.5 cm³/mol. The molecule has 0 unspecified atom stereocenters. The van der Waals surface area contributed by atoms with Gasteiger partial charge in [0.05, 0.1) is 0 Å². The van der Waals surface area contributed by atoms with Crippen LogP contribution >= 0.6 is 11.2 Å². The largest absolute Gasteiger partial charge is 0.185 e. The number of hydrogen-bond donors (Lipinski definition) is 0. The molecule has 0 radical (unpaired) electrons. The molecule has 0 spiro atoms. The molecule has 0 saturated carbocycles. The molecule has 0 rings (SSSR count). The lowest BCUT2D eigenvalue weighted by Crippen LogP contribution is -2.34. The molecule has 74 valence electrons. The van der Waals surface area contributed by atoms with Gasteiger partial charge in [-0.2, -0.15) is 11.2 Å². The van der Waals surface area contributed by atoms with E-state index >= 15 is 0 Å². The van der Waals surface area contributed by atoms with Crippen LogP contribution in [0.5, 0.6) is 0 Å². The van der Waals surface area contributed by atoms with Gasteiger partial charge in [0.2, 0.25) is 0 Å². The van der Waals surface area contributed by atoms with Crippen molar-refractivity contribution in [2.75, 3.05) is 5.75 Å². The zero-order valence-corrected chi connectivity index (χ0v) is 11.5. The van der Waals surface area contributed by atoms with Crippen LogP contribution < -0.4 is 0 Å². The Kier molecular flexibility index (Phi) is 4.38. The van der Waals surface area contributed by atoms with E-state index in [1.54, 1.807) is 0 Å². The van der Waals surface area contributed by atoms with Crippen molar-refractivity contribution >= 4 is 18.4 Å². The average molecular weight is 204 g/mol. The second kappa shape index (κ2) is 4.19. The highest BCUT2D eigenvalue weighted by Crippen LogP contribution is 2.43. The first-order valence-corrected chi connectivity index (χ1v) is 9.52. The molecule has 0 heterocycles. The van der Waals surface area contributed by atoms with Gasteiger partial charge in [0.1, 0.15) is 7.22 Å². The molecule has 0 aromatic carbocycles. The standard InChI is InChI=1S/C10H24SSi/c1-9(2)8-11-12(6,7)10(3,4)5/h9H,8H2,1-7H3. The van der Waals surface area contributed by atoms with Gasteiger partial charge in [0, 0.05) is 0 Å². The van der Waals surface area contributed by atoms with Gasteiger partial charge in [-0.15, -0.1) is 0 Å². The zero-order chi connectivity index (χ0) is 9.99. The summed E-state index contributed by atoms with van der Waals surface area (Å²) in [7, 11) is -1.05. The first-order chi connectivity index (χ1) is 5.17. The van der Waals surface area contributed by atoms with Gasteiger partial charge < -0.3 is 0 Å². The molecule has 0 aliphatic heterocycles. The van der Waals surface area contributed by atoms with Gasteiger partial charge >= 0.3 is 0 Å². The molecule has 0 bridgehead atoms. The van der Waals surface area contributed by atoms with Crippen LogP contribution in [0.2, 0.25) is 18.1 Å². The Bertz CT molecular complexity index is 133. The van der Waals surface area contributed by atoms with Crippen molar-refractivity contribution in [1.82, 2.24) is 0 Å². The molecule has 0 N–H and O–H groups in total. The minimum atomic E-state index is -1.05. The Morgan fingerprint density at radius 3 is 1.83 bits per heavy atom. The van der Waals surface area contributed by atoms with E-state index in [4.69, 9.17) is 0 Å². The van der Waals surface area contributed by atoms with E-state index in [9.17, 15) is 0 Å². The van der Waals surface area contributed by atoms with Gasteiger partial charge in [-0.3, -0.25) is 0 Å². The van der Waals surface area contributed by atoms with Gasteiger partial charge in [-0.05, 0) is 16.7 Å². The minimum absolute atomic E-state index is 0.534. The Hall–Kier alpha value is 0.567. The van der Waals surface area contributed by atoms with E-state index in [0.717, 1.165) is 5.92 Å². The summed E-state index contributed by atoms with van der Waals surface area (Å²) in [4.78, 5) is 0. The third kappa shape index (κ3) is 3.99. The Labute approximate surface area is 83.2 Å². The number of rotatable bonds is 3. The van der Waals surface area contributed by atoms with Crippen molar-refractivity contribution in [3.8, 4) is 0 Å². The molecule has 0 aromatic heterocycles. The fraction of sp³-hybridized carbons (Fsp3) is 1.00. The topological polar surface area (TPSA) is 0 Å². The predicted octanol–water partition coefficient (Wildman–Crippen LogP) is 4.38. The first kappa shape index (κ1) is 12.6. The fourth-order valence-electron chi connectivity index (χ4n) is 0.592. The van der Waals surface area contributed by atoms with Crippen molar-refractivity contribution in [3.05, 3.63) is 0 Å². The maximum absolute atomic E-state index is 2.49. The lowest BCUT2D eigenvalue weighted by atomic mass is 10.2. The summed E-state index contributed by atoms with van der Waals surface area (Å²) in [5.41, 5.74) is 0. The summed E-state index contributed by atoms with van der Waals surface area (Å²) in [5, 5.41) is 0.534. The van der Waals surface area contributed by atoms with Crippen molar-refractivity contribution in [2.24, 2.45) is 5.92 Å². The molecule has 0 fully saturated rings. The molecule has 2 heteroatoms. The fourth-order valence-corrected chi connectivity index (χ4v) is 5.32. The van der Waals surface area contributed by atoms with Crippen LogP contribution in [0.4, 0.5) is 0 Å². The molecule has 0 aliphatic rings. The quantitative estimate of drug-likeness (QED) is 0.615. The highest BCUT2D eigenvalue weighted by atomic mass is 32.4. The van der Waals surface area contributed by atoms with E-state index in [-0.39, 0.29) is 0 Å². The van der Waals surface area contributed by atoms with Crippen LogP contribution in [-0.2, 0) is 0 Å². The summed E-state index contributed by atoms with van der Waals surface area (Å²) >= 11 is 2.23. The summed E-state index contributed by atoms with van der Waals surface area (Å²) < 4.78 is 0. The van der Waals surface area contributed by atoms with Gasteiger partial charge in [0.25, 0.3) is 0 Å². The monoisotopic (exact) mass is 204 g/mol. The van der Waals surface area contributed by atoms with E-state index in [1.807, 2.05) is 0 Å². The van der Waals surface area contributed by atoms with E-state index < -0.39 is 7.22 Å². The van der Waals surface area contributed by atoms with E-state index in [0.29, 0.717) is 5.04 Å². The molecule has 0 amide bonds. The van der Waals surface area contributed by atoms with Gasteiger partial charge in [-0.1, -0.05) is 47.7 Å². The van der Waals surface area contributed by atoms with Crippen LogP contribution in [0, 0.1) is 5.92 Å². The van der Waals surface area contributed by atoms with Crippen molar-refractivity contribution in [1.29, 1.82) is 0 Å². The zero-order valence-electron chi connectivity index (χ0n) is 9.69. The highest BCUT2D eigenvalue weighted by molar-refractivity contribution is 8.29. The van der Waals surface area contributed by atoms with Crippen LogP contribution in [0.3, 0.4) is 0 Å². The molecule has 12 heavy (non-hydrogen) atoms. The van der Waals surface area contributed by atoms with Crippen LogP contribution in [-0.4, -0.2) is 13.0 Å². The van der Waals surface area contributed by atoms with Crippen LogP contribution in [0.15, 0.2) is 0 Å². The van der Waals surface area contributed by atoms with Crippen LogP contribution in [0.25, 0.3) is 0 Å². The molecule has 0 saturated heterocycles. The molecular formula is C10H24SSi. The number of hydrogen-bond acceptors (Lipinski definition) is 1. The molecular weight excluding hydrogens is 180 g/mol. The highest BCUT2D eigenvalue weighted by Gasteiger charge is 2.35. The minimum Gasteiger partial charge on any atom is -0.185 e. The molecule has 0 aromatic rings. The Morgan fingerprint density at radius 2 is 1.58 bits per heavy atom. The summed E-state index contributed by atoms with van der Waals surface area (Å²) in [5.74, 6) is 2.17. The Balaban J connectivity index is 4.05. The normalized spacial score (nSPS) is 14.0. The van der Waals surface area contributed by atoms with Crippen molar-refractivity contribution in [3.63, 3.8) is 0 Å². The molecule has 0 nitrogen and oxygen atoms in total.